The summed E-state index contributed by atoms with van der Waals surface area (Å²) in [5, 5.41) is 11.2. The molecule has 0 spiro atoms. The minimum absolute atomic E-state index is 0.0232. The maximum absolute atomic E-state index is 11.9. The van der Waals surface area contributed by atoms with Gasteiger partial charge in [-0.1, -0.05) is 0 Å². The van der Waals surface area contributed by atoms with Crippen LogP contribution in [0.4, 0.5) is 4.79 Å². The molecule has 1 fully saturated rings. The first kappa shape index (κ1) is 14.3. The van der Waals surface area contributed by atoms with Crippen molar-refractivity contribution in [1.29, 1.82) is 0 Å². The van der Waals surface area contributed by atoms with Gasteiger partial charge >= 0.3 is 12.0 Å². The number of primary amides is 1. The molecular weight excluding hydrogens is 238 g/mol. The lowest BCUT2D eigenvalue weighted by molar-refractivity contribution is -0.138. The van der Waals surface area contributed by atoms with Gasteiger partial charge in [-0.2, -0.15) is 0 Å². The first-order valence-electron chi connectivity index (χ1n) is 5.81. The third-order valence-electron chi connectivity index (χ3n) is 3.07. The Hall–Kier alpha value is -1.79. The summed E-state index contributed by atoms with van der Waals surface area (Å²) in [7, 11) is 0. The fraction of sp³-hybridized carbons (Fsp3) is 0.727. The zero-order valence-corrected chi connectivity index (χ0v) is 10.6. The Morgan fingerprint density at radius 1 is 1.44 bits per heavy atom. The molecule has 1 atom stereocenters. The number of aliphatic carboxylic acids is 1. The van der Waals surface area contributed by atoms with E-state index in [1.54, 1.807) is 0 Å². The van der Waals surface area contributed by atoms with Crippen molar-refractivity contribution in [2.45, 2.75) is 32.2 Å². The zero-order chi connectivity index (χ0) is 13.9. The van der Waals surface area contributed by atoms with Crippen LogP contribution in [-0.2, 0) is 9.59 Å². The van der Waals surface area contributed by atoms with Crippen LogP contribution in [0.2, 0.25) is 0 Å². The summed E-state index contributed by atoms with van der Waals surface area (Å²) in [4.78, 5) is 35.0. The van der Waals surface area contributed by atoms with Crippen molar-refractivity contribution in [1.82, 2.24) is 10.2 Å². The molecule has 0 saturated carbocycles. The molecular formula is C11H19N3O4. The highest BCUT2D eigenvalue weighted by atomic mass is 16.4. The topological polar surface area (TPSA) is 113 Å². The van der Waals surface area contributed by atoms with Crippen LogP contribution in [0, 0.1) is 5.92 Å². The predicted molar refractivity (Wildman–Crippen MR) is 63.7 cm³/mol. The Bertz CT molecular complexity index is 367. The van der Waals surface area contributed by atoms with Crippen molar-refractivity contribution in [3.63, 3.8) is 0 Å². The van der Waals surface area contributed by atoms with Crippen molar-refractivity contribution in [2.24, 2.45) is 11.7 Å². The van der Waals surface area contributed by atoms with Gasteiger partial charge in [0.1, 0.15) is 5.54 Å². The molecule has 1 aliphatic rings. The van der Waals surface area contributed by atoms with Crippen LogP contribution in [-0.4, -0.2) is 46.5 Å². The third-order valence-corrected chi connectivity index (χ3v) is 3.07. The van der Waals surface area contributed by atoms with Gasteiger partial charge in [0.05, 0.1) is 0 Å². The van der Waals surface area contributed by atoms with Gasteiger partial charge in [-0.3, -0.25) is 9.59 Å². The molecule has 1 unspecified atom stereocenters. The van der Waals surface area contributed by atoms with E-state index in [0.29, 0.717) is 19.5 Å². The molecule has 4 N–H and O–H groups in total. The average molecular weight is 257 g/mol. The van der Waals surface area contributed by atoms with Crippen LogP contribution in [0.3, 0.4) is 0 Å². The summed E-state index contributed by atoms with van der Waals surface area (Å²) >= 11 is 0. The number of carboxylic acids is 1. The van der Waals surface area contributed by atoms with E-state index in [1.165, 1.54) is 18.7 Å². The first-order chi connectivity index (χ1) is 8.22. The van der Waals surface area contributed by atoms with E-state index in [9.17, 15) is 14.4 Å². The lowest BCUT2D eigenvalue weighted by Gasteiger charge is -2.26. The van der Waals surface area contributed by atoms with Crippen LogP contribution in [0.5, 0.6) is 0 Å². The van der Waals surface area contributed by atoms with Gasteiger partial charge < -0.3 is 21.1 Å². The van der Waals surface area contributed by atoms with Crippen LogP contribution in [0.1, 0.15) is 26.7 Å². The van der Waals surface area contributed by atoms with Crippen LogP contribution < -0.4 is 11.1 Å². The first-order valence-corrected chi connectivity index (χ1v) is 5.81. The quantitative estimate of drug-likeness (QED) is 0.644. The fourth-order valence-corrected chi connectivity index (χ4v) is 1.84. The second kappa shape index (κ2) is 5.24. The van der Waals surface area contributed by atoms with E-state index in [4.69, 9.17) is 10.8 Å². The number of urea groups is 1. The molecule has 102 valence electrons. The van der Waals surface area contributed by atoms with Gasteiger partial charge in [0.2, 0.25) is 5.91 Å². The van der Waals surface area contributed by atoms with Gasteiger partial charge in [0.25, 0.3) is 0 Å². The highest BCUT2D eigenvalue weighted by Gasteiger charge is 2.32. The number of carbonyl (C=O) groups is 3. The van der Waals surface area contributed by atoms with Gasteiger partial charge in [-0.15, -0.1) is 0 Å². The van der Waals surface area contributed by atoms with Crippen molar-refractivity contribution in [3.8, 4) is 0 Å². The third kappa shape index (κ3) is 3.61. The standard InChI is InChI=1S/C11H19N3O4/c1-11(2,9(12)17)13-10(18)14-4-3-7(6-14)5-8(15)16/h7H,3-6H2,1-2H3,(H2,12,17)(H,13,18)(H,15,16). The van der Waals surface area contributed by atoms with Crippen LogP contribution in [0.25, 0.3) is 0 Å². The van der Waals surface area contributed by atoms with E-state index in [0.717, 1.165) is 0 Å². The maximum atomic E-state index is 11.9. The molecule has 0 aromatic carbocycles. The number of carboxylic acid groups (broad SMARTS) is 1. The number of carbonyl (C=O) groups excluding carboxylic acids is 2. The molecule has 0 aliphatic carbocycles. The van der Waals surface area contributed by atoms with Gasteiger partial charge in [0, 0.05) is 19.5 Å². The number of hydrogen-bond acceptors (Lipinski definition) is 3. The molecule has 7 nitrogen and oxygen atoms in total. The number of nitrogens with one attached hydrogen (secondary N) is 1. The number of nitrogens with zero attached hydrogens (tertiary/aromatic N) is 1. The van der Waals surface area contributed by atoms with Crippen molar-refractivity contribution in [2.75, 3.05) is 13.1 Å². The Morgan fingerprint density at radius 3 is 2.56 bits per heavy atom. The fourth-order valence-electron chi connectivity index (χ4n) is 1.84. The molecule has 0 radical (unpaired) electrons. The number of hydrogen-bond donors (Lipinski definition) is 3. The second-order valence-corrected chi connectivity index (χ2v) is 5.12. The number of rotatable bonds is 4. The Balaban J connectivity index is 2.50. The summed E-state index contributed by atoms with van der Waals surface area (Å²) in [6.45, 7) is 3.95. The van der Waals surface area contributed by atoms with Gasteiger partial charge in [-0.05, 0) is 26.2 Å². The zero-order valence-electron chi connectivity index (χ0n) is 10.6. The average Bonchev–Trinajstić information content (AvgIpc) is 2.64. The minimum Gasteiger partial charge on any atom is -0.481 e. The molecule has 1 rings (SSSR count). The number of amides is 3. The largest absolute Gasteiger partial charge is 0.481 e. The monoisotopic (exact) mass is 257 g/mol. The maximum Gasteiger partial charge on any atom is 0.318 e. The molecule has 1 aliphatic heterocycles. The number of nitrogens with two attached hydrogens (primary N) is 1. The van der Waals surface area contributed by atoms with Crippen LogP contribution >= 0.6 is 0 Å². The molecule has 1 heterocycles. The molecule has 3 amide bonds. The summed E-state index contributed by atoms with van der Waals surface area (Å²) < 4.78 is 0. The molecule has 1 saturated heterocycles. The molecule has 0 aromatic heterocycles. The van der Waals surface area contributed by atoms with E-state index < -0.39 is 17.4 Å². The smallest absolute Gasteiger partial charge is 0.318 e. The normalized spacial score (nSPS) is 19.7. The van der Waals surface area contributed by atoms with E-state index in [2.05, 4.69) is 5.32 Å². The predicted octanol–water partition coefficient (Wildman–Crippen LogP) is -0.243. The molecule has 7 heteroatoms. The van der Waals surface area contributed by atoms with E-state index in [-0.39, 0.29) is 18.4 Å². The second-order valence-electron chi connectivity index (χ2n) is 5.12. The minimum atomic E-state index is -1.11. The summed E-state index contributed by atoms with van der Waals surface area (Å²) in [5.41, 5.74) is 4.05. The van der Waals surface area contributed by atoms with Crippen molar-refractivity contribution >= 4 is 17.9 Å². The summed E-state index contributed by atoms with van der Waals surface area (Å²) in [6.07, 6.45) is 0.722. The highest BCUT2D eigenvalue weighted by molar-refractivity contribution is 5.89. The highest BCUT2D eigenvalue weighted by Crippen LogP contribution is 2.19. The summed E-state index contributed by atoms with van der Waals surface area (Å²) in [6, 6.07) is -0.383. The van der Waals surface area contributed by atoms with Crippen molar-refractivity contribution in [3.05, 3.63) is 0 Å². The van der Waals surface area contributed by atoms with E-state index in [1.807, 2.05) is 0 Å². The Morgan fingerprint density at radius 2 is 2.06 bits per heavy atom. The van der Waals surface area contributed by atoms with Gasteiger partial charge in [0.15, 0.2) is 0 Å². The summed E-state index contributed by atoms with van der Waals surface area (Å²) in [5.74, 6) is -1.50. The lowest BCUT2D eigenvalue weighted by Crippen LogP contribution is -2.56. The Labute approximate surface area is 105 Å². The number of likely N-dealkylation sites (tertiary alicyclic amines) is 1. The van der Waals surface area contributed by atoms with Gasteiger partial charge in [-0.25, -0.2) is 4.79 Å². The Kier molecular flexibility index (Phi) is 4.15. The SMILES string of the molecule is CC(C)(NC(=O)N1CCC(CC(=O)O)C1)C(N)=O. The van der Waals surface area contributed by atoms with E-state index >= 15 is 0 Å². The lowest BCUT2D eigenvalue weighted by atomic mass is 10.1. The molecule has 0 aromatic rings. The van der Waals surface area contributed by atoms with Crippen molar-refractivity contribution < 1.29 is 19.5 Å². The molecule has 0 bridgehead atoms. The molecule has 18 heavy (non-hydrogen) atoms. The van der Waals surface area contributed by atoms with Crippen LogP contribution in [0.15, 0.2) is 0 Å².